The number of amides is 1. The molecule has 2 rings (SSSR count). The average Bonchev–Trinajstić information content (AvgIpc) is 2.85. The molecule has 1 aromatic heterocycles. The summed E-state index contributed by atoms with van der Waals surface area (Å²) in [6.07, 6.45) is 0.927. The molecule has 7 nitrogen and oxygen atoms in total. The van der Waals surface area contributed by atoms with Crippen molar-refractivity contribution in [2.45, 2.75) is 19.4 Å². The molecule has 1 amide bonds. The van der Waals surface area contributed by atoms with E-state index in [-0.39, 0.29) is 18.6 Å². The van der Waals surface area contributed by atoms with E-state index >= 15 is 0 Å². The standard InChI is InChI=1S/C14H23N5O2/c1-11(21)15-12-6-7-19(10-12)17-13-4-3-5-14(16-13)18(2)8-9-20/h3-5,12,20H,6-10H2,1-2H3,(H,15,21)(H,16,17). The summed E-state index contributed by atoms with van der Waals surface area (Å²) in [6, 6.07) is 5.93. The second-order valence-electron chi connectivity index (χ2n) is 5.27. The van der Waals surface area contributed by atoms with Crippen molar-refractivity contribution < 1.29 is 9.90 Å². The van der Waals surface area contributed by atoms with Gasteiger partial charge in [0.15, 0.2) is 0 Å². The van der Waals surface area contributed by atoms with Crippen molar-refractivity contribution in [1.29, 1.82) is 0 Å². The van der Waals surface area contributed by atoms with Gasteiger partial charge in [-0.25, -0.2) is 9.99 Å². The maximum atomic E-state index is 11.1. The molecule has 1 unspecified atom stereocenters. The number of nitrogens with one attached hydrogen (secondary N) is 2. The van der Waals surface area contributed by atoms with Crippen molar-refractivity contribution in [3.63, 3.8) is 0 Å². The lowest BCUT2D eigenvalue weighted by Crippen LogP contribution is -2.37. The van der Waals surface area contributed by atoms with Crippen molar-refractivity contribution in [2.24, 2.45) is 0 Å². The first-order valence-electron chi connectivity index (χ1n) is 7.16. The van der Waals surface area contributed by atoms with E-state index in [1.807, 2.05) is 30.1 Å². The summed E-state index contributed by atoms with van der Waals surface area (Å²) in [5.41, 5.74) is 3.26. The number of rotatable bonds is 6. The van der Waals surface area contributed by atoms with Gasteiger partial charge in [-0.2, -0.15) is 0 Å². The fourth-order valence-corrected chi connectivity index (χ4v) is 2.39. The van der Waals surface area contributed by atoms with E-state index in [0.717, 1.165) is 31.1 Å². The third kappa shape index (κ3) is 4.57. The Morgan fingerprint density at radius 1 is 1.57 bits per heavy atom. The fourth-order valence-electron chi connectivity index (χ4n) is 2.39. The molecule has 2 heterocycles. The Morgan fingerprint density at radius 2 is 2.38 bits per heavy atom. The van der Waals surface area contributed by atoms with Crippen LogP contribution < -0.4 is 15.6 Å². The Bertz CT molecular complexity index is 482. The lowest BCUT2D eigenvalue weighted by Gasteiger charge is -2.21. The molecule has 1 aliphatic heterocycles. The number of anilines is 2. The number of pyridine rings is 1. The zero-order valence-electron chi connectivity index (χ0n) is 12.5. The van der Waals surface area contributed by atoms with Gasteiger partial charge < -0.3 is 20.7 Å². The van der Waals surface area contributed by atoms with Crippen LogP contribution in [0.3, 0.4) is 0 Å². The molecule has 1 aromatic rings. The summed E-state index contributed by atoms with van der Waals surface area (Å²) in [5, 5.41) is 14.0. The van der Waals surface area contributed by atoms with E-state index in [1.54, 1.807) is 0 Å². The molecular formula is C14H23N5O2. The molecule has 1 saturated heterocycles. The third-order valence-corrected chi connectivity index (χ3v) is 3.43. The molecule has 1 atom stereocenters. The van der Waals surface area contributed by atoms with Gasteiger partial charge >= 0.3 is 0 Å². The summed E-state index contributed by atoms with van der Waals surface area (Å²) in [7, 11) is 1.89. The van der Waals surface area contributed by atoms with Crippen LogP contribution >= 0.6 is 0 Å². The lowest BCUT2D eigenvalue weighted by atomic mass is 10.3. The molecule has 0 aliphatic carbocycles. The first-order chi connectivity index (χ1) is 10.1. The van der Waals surface area contributed by atoms with Crippen LogP contribution in [0, 0.1) is 0 Å². The van der Waals surface area contributed by atoms with Crippen molar-refractivity contribution in [2.75, 3.05) is 43.6 Å². The molecule has 0 spiro atoms. The van der Waals surface area contributed by atoms with E-state index in [1.165, 1.54) is 6.92 Å². The number of carbonyl (C=O) groups excluding carboxylic acids is 1. The number of hydrogen-bond donors (Lipinski definition) is 3. The summed E-state index contributed by atoms with van der Waals surface area (Å²) < 4.78 is 0. The quantitative estimate of drug-likeness (QED) is 0.687. The average molecular weight is 293 g/mol. The first-order valence-corrected chi connectivity index (χ1v) is 7.16. The number of aliphatic hydroxyl groups is 1. The van der Waals surface area contributed by atoms with Gasteiger partial charge in [-0.3, -0.25) is 4.79 Å². The fraction of sp³-hybridized carbons (Fsp3) is 0.571. The summed E-state index contributed by atoms with van der Waals surface area (Å²) in [4.78, 5) is 17.5. The predicted octanol–water partition coefficient (Wildman–Crippen LogP) is 0.0474. The van der Waals surface area contributed by atoms with Crippen LogP contribution in [0.2, 0.25) is 0 Å². The van der Waals surface area contributed by atoms with Crippen molar-refractivity contribution in [3.05, 3.63) is 18.2 Å². The maximum Gasteiger partial charge on any atom is 0.217 e. The first kappa shape index (κ1) is 15.5. The lowest BCUT2D eigenvalue weighted by molar-refractivity contribution is -0.119. The minimum absolute atomic E-state index is 0.00704. The van der Waals surface area contributed by atoms with Gasteiger partial charge in [-0.05, 0) is 18.6 Å². The van der Waals surface area contributed by atoms with Gasteiger partial charge in [0.05, 0.1) is 6.61 Å². The molecule has 7 heteroatoms. The minimum atomic E-state index is 0.00704. The molecule has 116 valence electrons. The summed E-state index contributed by atoms with van der Waals surface area (Å²) in [5.74, 6) is 1.58. The molecule has 0 radical (unpaired) electrons. The number of likely N-dealkylation sites (N-methyl/N-ethyl adjacent to an activating group) is 1. The zero-order valence-corrected chi connectivity index (χ0v) is 12.5. The molecule has 0 aromatic carbocycles. The summed E-state index contributed by atoms with van der Waals surface area (Å²) in [6.45, 7) is 3.81. The molecular weight excluding hydrogens is 270 g/mol. The normalized spacial score (nSPS) is 18.5. The van der Waals surface area contributed by atoms with Gasteiger partial charge in [0.25, 0.3) is 0 Å². The van der Waals surface area contributed by atoms with Crippen LogP contribution in [0.5, 0.6) is 0 Å². The molecule has 21 heavy (non-hydrogen) atoms. The predicted molar refractivity (Wildman–Crippen MR) is 82.0 cm³/mol. The minimum Gasteiger partial charge on any atom is -0.395 e. The second-order valence-corrected chi connectivity index (χ2v) is 5.27. The Morgan fingerprint density at radius 3 is 3.10 bits per heavy atom. The Kier molecular flexibility index (Phi) is 5.35. The molecule has 0 bridgehead atoms. The summed E-state index contributed by atoms with van der Waals surface area (Å²) >= 11 is 0. The van der Waals surface area contributed by atoms with E-state index in [0.29, 0.717) is 6.54 Å². The van der Waals surface area contributed by atoms with Gasteiger partial charge in [0.2, 0.25) is 5.91 Å². The van der Waals surface area contributed by atoms with E-state index in [9.17, 15) is 4.79 Å². The second kappa shape index (κ2) is 7.24. The number of hydrazine groups is 1. The van der Waals surface area contributed by atoms with Crippen LogP contribution in [0.4, 0.5) is 11.6 Å². The van der Waals surface area contributed by atoms with Gasteiger partial charge in [-0.15, -0.1) is 0 Å². The molecule has 1 aliphatic rings. The topological polar surface area (TPSA) is 80.7 Å². The highest BCUT2D eigenvalue weighted by molar-refractivity contribution is 5.73. The van der Waals surface area contributed by atoms with E-state index in [4.69, 9.17) is 5.11 Å². The third-order valence-electron chi connectivity index (χ3n) is 3.43. The molecule has 3 N–H and O–H groups in total. The van der Waals surface area contributed by atoms with Gasteiger partial charge in [0, 0.05) is 39.6 Å². The van der Waals surface area contributed by atoms with Gasteiger partial charge in [0.1, 0.15) is 11.6 Å². The van der Waals surface area contributed by atoms with Crippen LogP contribution in [0.15, 0.2) is 18.2 Å². The van der Waals surface area contributed by atoms with Crippen molar-refractivity contribution >= 4 is 17.5 Å². The Balaban J connectivity index is 1.91. The Labute approximate surface area is 124 Å². The van der Waals surface area contributed by atoms with Gasteiger partial charge in [-0.1, -0.05) is 6.07 Å². The molecule has 0 saturated carbocycles. The smallest absolute Gasteiger partial charge is 0.217 e. The highest BCUT2D eigenvalue weighted by Crippen LogP contribution is 2.15. The number of aliphatic hydroxyl groups excluding tert-OH is 1. The number of carbonyl (C=O) groups is 1. The number of nitrogens with zero attached hydrogens (tertiary/aromatic N) is 3. The number of hydrogen-bond acceptors (Lipinski definition) is 6. The SMILES string of the molecule is CC(=O)NC1CCN(Nc2cccc(N(C)CCO)n2)C1. The monoisotopic (exact) mass is 293 g/mol. The maximum absolute atomic E-state index is 11.1. The van der Waals surface area contributed by atoms with Crippen LogP contribution in [-0.2, 0) is 4.79 Å². The van der Waals surface area contributed by atoms with Crippen LogP contribution in [0.25, 0.3) is 0 Å². The van der Waals surface area contributed by atoms with E-state index in [2.05, 4.69) is 20.7 Å². The van der Waals surface area contributed by atoms with Crippen LogP contribution in [-0.4, -0.2) is 60.3 Å². The van der Waals surface area contributed by atoms with Crippen LogP contribution in [0.1, 0.15) is 13.3 Å². The highest BCUT2D eigenvalue weighted by atomic mass is 16.3. The van der Waals surface area contributed by atoms with Crippen molar-refractivity contribution in [3.8, 4) is 0 Å². The highest BCUT2D eigenvalue weighted by Gasteiger charge is 2.23. The van der Waals surface area contributed by atoms with Crippen molar-refractivity contribution in [1.82, 2.24) is 15.3 Å². The molecule has 1 fully saturated rings. The number of aromatic nitrogens is 1. The van der Waals surface area contributed by atoms with E-state index < -0.39 is 0 Å². The Hall–Kier alpha value is -1.86. The zero-order chi connectivity index (χ0) is 15.2. The largest absolute Gasteiger partial charge is 0.395 e.